The summed E-state index contributed by atoms with van der Waals surface area (Å²) in [5.41, 5.74) is 11.0. The lowest BCUT2D eigenvalue weighted by Gasteiger charge is -2.28. The van der Waals surface area contributed by atoms with E-state index < -0.39 is 59.5 Å². The van der Waals surface area contributed by atoms with Crippen LogP contribution in [0.3, 0.4) is 0 Å². The van der Waals surface area contributed by atoms with E-state index in [4.69, 9.17) is 11.5 Å². The van der Waals surface area contributed by atoms with Crippen molar-refractivity contribution in [3.8, 4) is 11.5 Å². The van der Waals surface area contributed by atoms with E-state index in [-0.39, 0.29) is 36.5 Å². The number of hydrogen-bond acceptors (Lipinski definition) is 9. The summed E-state index contributed by atoms with van der Waals surface area (Å²) in [7, 11) is 0. The predicted octanol–water partition coefficient (Wildman–Crippen LogP) is 0.449. The molecule has 43 heavy (non-hydrogen) atoms. The predicted molar refractivity (Wildman–Crippen MR) is 160 cm³/mol. The van der Waals surface area contributed by atoms with Crippen LogP contribution in [-0.2, 0) is 19.2 Å². The van der Waals surface area contributed by atoms with Gasteiger partial charge in [0.1, 0.15) is 35.7 Å². The summed E-state index contributed by atoms with van der Waals surface area (Å²) in [6, 6.07) is -0.972. The van der Waals surface area contributed by atoms with E-state index in [1.807, 2.05) is 6.92 Å². The summed E-state index contributed by atoms with van der Waals surface area (Å²) in [6.45, 7) is 5.90. The molecule has 0 spiro atoms. The number of unbranched alkanes of at least 4 members (excludes halogenated alkanes) is 2. The van der Waals surface area contributed by atoms with Gasteiger partial charge in [0.05, 0.1) is 5.56 Å². The first-order valence-electron chi connectivity index (χ1n) is 14.8. The van der Waals surface area contributed by atoms with Crippen molar-refractivity contribution in [2.75, 3.05) is 13.1 Å². The smallest absolute Gasteiger partial charge is 0.326 e. The van der Waals surface area contributed by atoms with Crippen LogP contribution in [0.25, 0.3) is 0 Å². The minimum absolute atomic E-state index is 0.150. The van der Waals surface area contributed by atoms with Gasteiger partial charge in [0, 0.05) is 0 Å². The number of hydrogen-bond donors (Lipinski definition) is 9. The molecule has 14 heteroatoms. The highest BCUT2D eigenvalue weighted by Gasteiger charge is 2.33. The van der Waals surface area contributed by atoms with E-state index >= 15 is 0 Å². The molecule has 1 aromatic carbocycles. The highest BCUT2D eigenvalue weighted by atomic mass is 16.4. The van der Waals surface area contributed by atoms with Gasteiger partial charge >= 0.3 is 5.97 Å². The second-order valence-electron chi connectivity index (χ2n) is 10.5. The zero-order valence-corrected chi connectivity index (χ0v) is 25.2. The van der Waals surface area contributed by atoms with Gasteiger partial charge in [-0.15, -0.1) is 0 Å². The Labute approximate surface area is 252 Å². The number of aromatic hydroxyl groups is 2. The first-order chi connectivity index (χ1) is 20.4. The van der Waals surface area contributed by atoms with Crippen molar-refractivity contribution in [3.05, 3.63) is 23.8 Å². The fraction of sp³-hybridized carbons (Fsp3) is 0.621. The molecule has 0 fully saturated rings. The summed E-state index contributed by atoms with van der Waals surface area (Å²) in [4.78, 5) is 64.4. The highest BCUT2D eigenvalue weighted by Crippen LogP contribution is 2.22. The van der Waals surface area contributed by atoms with Gasteiger partial charge in [0.15, 0.2) is 0 Å². The zero-order chi connectivity index (χ0) is 32.5. The summed E-state index contributed by atoms with van der Waals surface area (Å²) in [5, 5.41) is 39.6. The largest absolute Gasteiger partial charge is 0.508 e. The molecule has 0 aliphatic carbocycles. The monoisotopic (exact) mass is 608 g/mol. The van der Waals surface area contributed by atoms with Crippen molar-refractivity contribution in [1.29, 1.82) is 0 Å². The third-order valence-corrected chi connectivity index (χ3v) is 7.19. The average molecular weight is 609 g/mol. The first-order valence-corrected chi connectivity index (χ1v) is 14.8. The number of aliphatic carboxylic acids is 1. The van der Waals surface area contributed by atoms with Crippen LogP contribution in [0.15, 0.2) is 18.2 Å². The third-order valence-electron chi connectivity index (χ3n) is 7.19. The van der Waals surface area contributed by atoms with Crippen LogP contribution < -0.4 is 32.7 Å². The quantitative estimate of drug-likeness (QED) is 0.0730. The maximum absolute atomic E-state index is 13.5. The first kappa shape index (κ1) is 37.1. The molecule has 4 amide bonds. The number of nitrogens with two attached hydrogens (primary N) is 2. The molecule has 1 rings (SSSR count). The molecular formula is C29H48N6O8. The molecule has 0 heterocycles. The maximum atomic E-state index is 13.5. The van der Waals surface area contributed by atoms with Crippen LogP contribution in [0.4, 0.5) is 0 Å². The molecule has 0 aromatic heterocycles. The number of benzene rings is 1. The molecule has 0 radical (unpaired) electrons. The van der Waals surface area contributed by atoms with E-state index in [0.717, 1.165) is 12.1 Å². The fourth-order valence-corrected chi connectivity index (χ4v) is 4.29. The van der Waals surface area contributed by atoms with E-state index in [9.17, 15) is 39.3 Å². The highest BCUT2D eigenvalue weighted by molar-refractivity contribution is 6.00. The number of carboxylic acids is 1. The normalized spacial score (nSPS) is 14.4. The van der Waals surface area contributed by atoms with Crippen molar-refractivity contribution < 1.29 is 39.3 Å². The Kier molecular flexibility index (Phi) is 16.7. The molecule has 11 N–H and O–H groups in total. The molecule has 1 aromatic rings. The molecular weight excluding hydrogens is 560 g/mol. The van der Waals surface area contributed by atoms with Gasteiger partial charge in [0.25, 0.3) is 5.91 Å². The Morgan fingerprint density at radius 2 is 1.28 bits per heavy atom. The molecule has 14 nitrogen and oxygen atoms in total. The van der Waals surface area contributed by atoms with Gasteiger partial charge in [-0.25, -0.2) is 4.79 Å². The van der Waals surface area contributed by atoms with Crippen LogP contribution in [0.2, 0.25) is 0 Å². The second kappa shape index (κ2) is 19.3. The third kappa shape index (κ3) is 12.5. The van der Waals surface area contributed by atoms with Crippen LogP contribution in [-0.4, -0.2) is 82.2 Å². The number of rotatable bonds is 20. The van der Waals surface area contributed by atoms with E-state index in [1.165, 1.54) is 6.07 Å². The molecule has 0 unspecified atom stereocenters. The van der Waals surface area contributed by atoms with Gasteiger partial charge in [-0.3, -0.25) is 19.2 Å². The Balaban J connectivity index is 3.21. The number of phenols is 2. The second-order valence-corrected chi connectivity index (χ2v) is 10.5. The number of phenolic OH excluding ortho intramolecular Hbond substituents is 2. The zero-order valence-electron chi connectivity index (χ0n) is 25.2. The summed E-state index contributed by atoms with van der Waals surface area (Å²) < 4.78 is 0. The van der Waals surface area contributed by atoms with E-state index in [1.54, 1.807) is 13.8 Å². The molecule has 0 aliphatic rings. The lowest BCUT2D eigenvalue weighted by molar-refractivity contribution is -0.142. The number of carboxylic acid groups (broad SMARTS) is 1. The molecule has 0 bridgehead atoms. The van der Waals surface area contributed by atoms with Crippen molar-refractivity contribution in [2.45, 2.75) is 96.3 Å². The van der Waals surface area contributed by atoms with Crippen LogP contribution in [0.5, 0.6) is 11.5 Å². The Bertz CT molecular complexity index is 1090. The Morgan fingerprint density at radius 1 is 0.744 bits per heavy atom. The van der Waals surface area contributed by atoms with Crippen molar-refractivity contribution >= 4 is 29.6 Å². The molecule has 0 saturated heterocycles. The number of carbonyl (C=O) groups is 5. The van der Waals surface area contributed by atoms with Gasteiger partial charge in [-0.2, -0.15) is 0 Å². The number of carbonyl (C=O) groups excluding carboxylic acids is 4. The number of amides is 4. The molecule has 242 valence electrons. The Morgan fingerprint density at radius 3 is 1.79 bits per heavy atom. The van der Waals surface area contributed by atoms with Crippen molar-refractivity contribution in [1.82, 2.24) is 21.3 Å². The fourth-order valence-electron chi connectivity index (χ4n) is 4.29. The topological polar surface area (TPSA) is 246 Å². The minimum Gasteiger partial charge on any atom is -0.508 e. The van der Waals surface area contributed by atoms with E-state index in [0.29, 0.717) is 45.2 Å². The van der Waals surface area contributed by atoms with Crippen LogP contribution >= 0.6 is 0 Å². The summed E-state index contributed by atoms with van der Waals surface area (Å²) in [6.07, 6.45) is 3.11. The Hall–Kier alpha value is -3.91. The van der Waals surface area contributed by atoms with Gasteiger partial charge < -0.3 is 48.1 Å². The van der Waals surface area contributed by atoms with Gasteiger partial charge in [-0.1, -0.05) is 27.2 Å². The van der Waals surface area contributed by atoms with Crippen molar-refractivity contribution in [3.63, 3.8) is 0 Å². The van der Waals surface area contributed by atoms with Crippen LogP contribution in [0.1, 0.15) is 82.5 Å². The lowest BCUT2D eigenvalue weighted by Crippen LogP contribution is -2.59. The van der Waals surface area contributed by atoms with Crippen molar-refractivity contribution in [2.24, 2.45) is 17.4 Å². The molecule has 0 saturated carbocycles. The average Bonchev–Trinajstić information content (AvgIpc) is 2.97. The number of nitrogens with one attached hydrogen (secondary N) is 4. The SMILES string of the molecule is CC[C@H](NC(=O)[C@@H](NC(=O)[C@H](CCCCN)NC(=O)[C@H](CCCCN)NC(=O)c1cc(O)ccc1O)[C@@H](C)CC)C(=O)O. The lowest BCUT2D eigenvalue weighted by atomic mass is 9.96. The molecule has 0 aliphatic heterocycles. The summed E-state index contributed by atoms with van der Waals surface area (Å²) in [5.74, 6) is -4.96. The van der Waals surface area contributed by atoms with Gasteiger partial charge in [-0.05, 0) is 82.2 Å². The minimum atomic E-state index is -1.20. The van der Waals surface area contributed by atoms with Crippen LogP contribution in [0, 0.1) is 5.92 Å². The van der Waals surface area contributed by atoms with E-state index in [2.05, 4.69) is 21.3 Å². The molecule has 5 atom stereocenters. The standard InChI is InChI=1S/C29H48N6O8/c1-4-17(3)24(28(41)32-20(5-2)29(42)43)35-27(40)22(11-7-9-15-31)34-26(39)21(10-6-8-14-30)33-25(38)19-16-18(36)12-13-23(19)37/h12-13,16-17,20-22,24,36-37H,4-11,14-15,30-31H2,1-3H3,(H,32,41)(H,33,38)(H,34,39)(H,35,40)(H,42,43)/t17-,20-,21-,22-,24-/m0/s1. The van der Waals surface area contributed by atoms with Gasteiger partial charge in [0.2, 0.25) is 17.7 Å². The summed E-state index contributed by atoms with van der Waals surface area (Å²) >= 11 is 0. The maximum Gasteiger partial charge on any atom is 0.326 e.